The van der Waals surface area contributed by atoms with Crippen LogP contribution < -0.4 is 5.43 Å². The third-order valence-electron chi connectivity index (χ3n) is 2.22. The van der Waals surface area contributed by atoms with E-state index in [-0.39, 0.29) is 10.0 Å². The van der Waals surface area contributed by atoms with Crippen molar-refractivity contribution in [3.63, 3.8) is 0 Å². The molecule has 0 aliphatic carbocycles. The summed E-state index contributed by atoms with van der Waals surface area (Å²) in [7, 11) is 0. The number of hydrogen-bond acceptors (Lipinski definition) is 3. The molecular weight excluding hydrogens is 359 g/mol. The summed E-state index contributed by atoms with van der Waals surface area (Å²) in [6, 6.07) is 4.26. The van der Waals surface area contributed by atoms with Gasteiger partial charge in [0.1, 0.15) is 5.69 Å². The van der Waals surface area contributed by atoms with E-state index in [1.165, 1.54) is 6.20 Å². The summed E-state index contributed by atoms with van der Waals surface area (Å²) in [6.45, 7) is 0. The van der Waals surface area contributed by atoms with Crippen LogP contribution in [0.15, 0.2) is 33.7 Å². The molecule has 5 nitrogen and oxygen atoms in total. The van der Waals surface area contributed by atoms with Gasteiger partial charge in [-0.1, -0.05) is 39.1 Å². The van der Waals surface area contributed by atoms with E-state index >= 15 is 0 Å². The lowest BCUT2D eigenvalue weighted by Gasteiger charge is -2.10. The smallest absolute Gasteiger partial charge is 0.360 e. The molecule has 0 radical (unpaired) electrons. The minimum Gasteiger partial charge on any atom is -0.476 e. The van der Waals surface area contributed by atoms with Crippen molar-refractivity contribution in [1.82, 2.24) is 9.78 Å². The highest BCUT2D eigenvalue weighted by Gasteiger charge is 2.15. The van der Waals surface area contributed by atoms with Crippen LogP contribution in [-0.2, 0) is 0 Å². The number of carboxylic acid groups (broad SMARTS) is 1. The van der Waals surface area contributed by atoms with E-state index in [1.54, 1.807) is 12.1 Å². The topological polar surface area (TPSA) is 72.2 Å². The van der Waals surface area contributed by atoms with Crippen molar-refractivity contribution in [3.8, 4) is 5.69 Å². The molecule has 8 heteroatoms. The Labute approximate surface area is 125 Å². The van der Waals surface area contributed by atoms with Crippen molar-refractivity contribution in [1.29, 1.82) is 0 Å². The minimum atomic E-state index is -1.41. The van der Waals surface area contributed by atoms with Gasteiger partial charge in [-0.25, -0.2) is 9.48 Å². The lowest BCUT2D eigenvalue weighted by molar-refractivity contribution is 0.0687. The monoisotopic (exact) mass is 362 g/mol. The molecule has 0 saturated carbocycles. The first kappa shape index (κ1) is 14.0. The molecule has 0 saturated heterocycles. The molecule has 2 aromatic rings. The van der Waals surface area contributed by atoms with Gasteiger partial charge in [-0.05, 0) is 12.1 Å². The highest BCUT2D eigenvalue weighted by molar-refractivity contribution is 9.10. The predicted octanol–water partition coefficient (Wildman–Crippen LogP) is 3.00. The standard InChI is InChI=1S/C11H5BrCl2N2O3/c12-5-3-6(13)10(7(14)4-5)16-2-1-8(17)9(15-16)11(18)19/h1-4H,(H,18,19). The maximum absolute atomic E-state index is 11.3. The van der Waals surface area contributed by atoms with Crippen LogP contribution in [0.3, 0.4) is 0 Å². The third-order valence-corrected chi connectivity index (χ3v) is 3.26. The molecule has 0 fully saturated rings. The Bertz CT molecular complexity index is 707. The Hall–Kier alpha value is -1.37. The Morgan fingerprint density at radius 1 is 1.32 bits per heavy atom. The first-order valence-corrected chi connectivity index (χ1v) is 6.43. The lowest BCUT2D eigenvalue weighted by Crippen LogP contribution is -2.20. The van der Waals surface area contributed by atoms with Crippen LogP contribution in [0.2, 0.25) is 10.0 Å². The molecule has 0 aliphatic heterocycles. The van der Waals surface area contributed by atoms with Crippen molar-refractivity contribution >= 4 is 45.1 Å². The fraction of sp³-hybridized carbons (Fsp3) is 0. The molecule has 0 atom stereocenters. The number of halogens is 3. The number of hydrogen-bond donors (Lipinski definition) is 1. The second-order valence-corrected chi connectivity index (χ2v) is 5.23. The molecule has 0 amide bonds. The largest absolute Gasteiger partial charge is 0.476 e. The maximum atomic E-state index is 11.3. The third kappa shape index (κ3) is 2.80. The zero-order valence-corrected chi connectivity index (χ0v) is 12.2. The van der Waals surface area contributed by atoms with Gasteiger partial charge in [0.25, 0.3) is 0 Å². The molecule has 0 spiro atoms. The maximum Gasteiger partial charge on any atom is 0.360 e. The van der Waals surface area contributed by atoms with Gasteiger partial charge in [-0.3, -0.25) is 4.79 Å². The zero-order chi connectivity index (χ0) is 14.2. The van der Waals surface area contributed by atoms with Gasteiger partial charge in [0.05, 0.1) is 10.0 Å². The molecular formula is C11H5BrCl2N2O3. The Balaban J connectivity index is 2.70. The Morgan fingerprint density at radius 3 is 2.42 bits per heavy atom. The molecule has 1 heterocycles. The second-order valence-electron chi connectivity index (χ2n) is 3.50. The highest BCUT2D eigenvalue weighted by Crippen LogP contribution is 2.31. The predicted molar refractivity (Wildman–Crippen MR) is 74.5 cm³/mol. The van der Waals surface area contributed by atoms with Gasteiger partial charge in [0, 0.05) is 16.7 Å². The minimum absolute atomic E-state index is 0.270. The van der Waals surface area contributed by atoms with E-state index in [1.807, 2.05) is 0 Å². The van der Waals surface area contributed by atoms with Crippen molar-refractivity contribution in [2.75, 3.05) is 0 Å². The number of carbonyl (C=O) groups is 1. The summed E-state index contributed by atoms with van der Waals surface area (Å²) in [5.41, 5.74) is -0.986. The van der Waals surface area contributed by atoms with Gasteiger partial charge in [0.15, 0.2) is 0 Å². The van der Waals surface area contributed by atoms with E-state index in [0.717, 1.165) is 10.7 Å². The van der Waals surface area contributed by atoms with Gasteiger partial charge in [-0.15, -0.1) is 0 Å². The van der Waals surface area contributed by atoms with E-state index in [9.17, 15) is 9.59 Å². The van der Waals surface area contributed by atoms with Gasteiger partial charge in [0.2, 0.25) is 11.1 Å². The van der Waals surface area contributed by atoms with E-state index in [2.05, 4.69) is 21.0 Å². The number of carboxylic acids is 1. The van der Waals surface area contributed by atoms with Crippen molar-refractivity contribution < 1.29 is 9.90 Å². The molecule has 1 aromatic heterocycles. The lowest BCUT2D eigenvalue weighted by atomic mass is 10.3. The van der Waals surface area contributed by atoms with E-state index < -0.39 is 17.1 Å². The zero-order valence-electron chi connectivity index (χ0n) is 9.10. The average molecular weight is 364 g/mol. The molecule has 2 rings (SSSR count). The molecule has 0 bridgehead atoms. The van der Waals surface area contributed by atoms with Gasteiger partial charge >= 0.3 is 5.97 Å². The molecule has 19 heavy (non-hydrogen) atoms. The van der Waals surface area contributed by atoms with Crippen LogP contribution in [0.5, 0.6) is 0 Å². The summed E-state index contributed by atoms with van der Waals surface area (Å²) in [6.07, 6.45) is 1.30. The van der Waals surface area contributed by atoms with Crippen molar-refractivity contribution in [2.45, 2.75) is 0 Å². The fourth-order valence-corrected chi connectivity index (χ4v) is 2.82. The SMILES string of the molecule is O=C(O)c1nn(-c2c(Cl)cc(Br)cc2Cl)ccc1=O. The van der Waals surface area contributed by atoms with Crippen molar-refractivity contribution in [2.24, 2.45) is 0 Å². The van der Waals surface area contributed by atoms with Crippen molar-refractivity contribution in [3.05, 3.63) is 54.8 Å². The molecule has 1 aromatic carbocycles. The van der Waals surface area contributed by atoms with Crippen LogP contribution >= 0.6 is 39.1 Å². The second kappa shape index (κ2) is 5.32. The Kier molecular flexibility index (Phi) is 3.93. The molecule has 0 unspecified atom stereocenters. The molecule has 98 valence electrons. The number of benzene rings is 1. The van der Waals surface area contributed by atoms with Gasteiger partial charge < -0.3 is 5.11 Å². The summed E-state index contributed by atoms with van der Waals surface area (Å²) in [5.74, 6) is -1.41. The first-order valence-electron chi connectivity index (χ1n) is 4.88. The molecule has 1 N–H and O–H groups in total. The van der Waals surface area contributed by atoms with Crippen LogP contribution in [0, 0.1) is 0 Å². The summed E-state index contributed by atoms with van der Waals surface area (Å²) >= 11 is 15.3. The fourth-order valence-electron chi connectivity index (χ4n) is 1.43. The van der Waals surface area contributed by atoms with E-state index in [0.29, 0.717) is 10.2 Å². The van der Waals surface area contributed by atoms with Crippen LogP contribution in [0.25, 0.3) is 5.69 Å². The van der Waals surface area contributed by atoms with Crippen LogP contribution in [0.4, 0.5) is 0 Å². The molecule has 0 aliphatic rings. The normalized spacial score (nSPS) is 10.5. The van der Waals surface area contributed by atoms with Gasteiger partial charge in [-0.2, -0.15) is 5.10 Å². The number of aromatic nitrogens is 2. The Morgan fingerprint density at radius 2 is 1.89 bits per heavy atom. The van der Waals surface area contributed by atoms with Crippen LogP contribution in [0.1, 0.15) is 10.5 Å². The number of rotatable bonds is 2. The summed E-state index contributed by atoms with van der Waals surface area (Å²) in [5, 5.41) is 13.1. The average Bonchev–Trinajstić information content (AvgIpc) is 2.29. The quantitative estimate of drug-likeness (QED) is 0.890. The first-order chi connectivity index (χ1) is 8.90. The number of aromatic carboxylic acids is 1. The summed E-state index contributed by atoms with van der Waals surface area (Å²) in [4.78, 5) is 22.2. The highest BCUT2D eigenvalue weighted by atomic mass is 79.9. The van der Waals surface area contributed by atoms with E-state index in [4.69, 9.17) is 28.3 Å². The van der Waals surface area contributed by atoms with Crippen LogP contribution in [-0.4, -0.2) is 20.9 Å². The number of nitrogens with zero attached hydrogens (tertiary/aromatic N) is 2. The summed E-state index contributed by atoms with van der Waals surface area (Å²) < 4.78 is 1.83.